The molecule has 1 aliphatic heterocycles. The van der Waals surface area contributed by atoms with Crippen molar-refractivity contribution in [3.63, 3.8) is 0 Å². The molecule has 0 aromatic heterocycles. The van der Waals surface area contributed by atoms with Crippen LogP contribution >= 0.6 is 0 Å². The third-order valence-corrected chi connectivity index (χ3v) is 3.29. The van der Waals surface area contributed by atoms with Crippen LogP contribution in [-0.4, -0.2) is 12.6 Å². The molecule has 0 saturated heterocycles. The monoisotopic (exact) mass is 219 g/mol. The molecule has 2 heteroatoms. The van der Waals surface area contributed by atoms with Crippen LogP contribution in [0.1, 0.15) is 32.8 Å². The number of anilines is 1. The minimum Gasteiger partial charge on any atom is -0.493 e. The van der Waals surface area contributed by atoms with E-state index in [0.29, 0.717) is 12.0 Å². The van der Waals surface area contributed by atoms with E-state index in [2.05, 4.69) is 44.3 Å². The number of fused-ring (bicyclic) bond motifs is 1. The Kier molecular flexibility index (Phi) is 3.37. The summed E-state index contributed by atoms with van der Waals surface area (Å²) >= 11 is 0. The molecular weight excluding hydrogens is 198 g/mol. The molecule has 1 atom stereocenters. The van der Waals surface area contributed by atoms with Crippen molar-refractivity contribution in [3.05, 3.63) is 23.8 Å². The molecule has 1 aromatic rings. The molecule has 0 fully saturated rings. The quantitative estimate of drug-likeness (QED) is 0.837. The van der Waals surface area contributed by atoms with Gasteiger partial charge in [-0.05, 0) is 36.1 Å². The molecule has 0 amide bonds. The fourth-order valence-corrected chi connectivity index (χ4v) is 2.23. The lowest BCUT2D eigenvalue weighted by Crippen LogP contribution is -2.24. The second-order valence-corrected chi connectivity index (χ2v) is 4.82. The van der Waals surface area contributed by atoms with Crippen molar-refractivity contribution in [2.75, 3.05) is 11.9 Å². The molecule has 0 aliphatic carbocycles. The van der Waals surface area contributed by atoms with Gasteiger partial charge in [0, 0.05) is 18.2 Å². The molecule has 0 saturated carbocycles. The zero-order valence-electron chi connectivity index (χ0n) is 10.4. The fraction of sp³-hybridized carbons (Fsp3) is 0.571. The normalized spacial score (nSPS) is 15.8. The highest BCUT2D eigenvalue weighted by Crippen LogP contribution is 2.28. The summed E-state index contributed by atoms with van der Waals surface area (Å²) in [6.45, 7) is 7.59. The number of benzene rings is 1. The van der Waals surface area contributed by atoms with Gasteiger partial charge in [-0.3, -0.25) is 0 Å². The van der Waals surface area contributed by atoms with E-state index in [1.807, 2.05) is 0 Å². The summed E-state index contributed by atoms with van der Waals surface area (Å²) in [5, 5.41) is 3.60. The summed E-state index contributed by atoms with van der Waals surface area (Å²) < 4.78 is 5.50. The summed E-state index contributed by atoms with van der Waals surface area (Å²) in [5.41, 5.74) is 2.56. The van der Waals surface area contributed by atoms with Crippen LogP contribution < -0.4 is 10.1 Å². The van der Waals surface area contributed by atoms with Gasteiger partial charge in [0.2, 0.25) is 0 Å². The minimum atomic E-state index is 0.556. The van der Waals surface area contributed by atoms with Crippen molar-refractivity contribution < 1.29 is 4.74 Å². The third-order valence-electron chi connectivity index (χ3n) is 3.29. The summed E-state index contributed by atoms with van der Waals surface area (Å²) in [7, 11) is 0. The number of hydrogen-bond donors (Lipinski definition) is 1. The zero-order chi connectivity index (χ0) is 11.5. The van der Waals surface area contributed by atoms with Crippen molar-refractivity contribution in [2.45, 2.75) is 39.7 Å². The van der Waals surface area contributed by atoms with Gasteiger partial charge in [-0.25, -0.2) is 0 Å². The van der Waals surface area contributed by atoms with E-state index in [1.54, 1.807) is 0 Å². The summed E-state index contributed by atoms with van der Waals surface area (Å²) in [6, 6.07) is 6.99. The molecule has 1 N–H and O–H groups in total. The van der Waals surface area contributed by atoms with Gasteiger partial charge in [-0.2, -0.15) is 0 Å². The van der Waals surface area contributed by atoms with Gasteiger partial charge in [-0.1, -0.05) is 20.8 Å². The van der Waals surface area contributed by atoms with Crippen molar-refractivity contribution in [1.29, 1.82) is 0 Å². The maximum Gasteiger partial charge on any atom is 0.122 e. The molecule has 88 valence electrons. The second kappa shape index (κ2) is 4.77. The summed E-state index contributed by atoms with van der Waals surface area (Å²) in [6.07, 6.45) is 2.20. The third kappa shape index (κ3) is 2.31. The Morgan fingerprint density at radius 3 is 2.88 bits per heavy atom. The Bertz CT molecular complexity index is 360. The molecule has 2 nitrogen and oxygen atoms in total. The Morgan fingerprint density at radius 2 is 2.19 bits per heavy atom. The predicted molar refractivity (Wildman–Crippen MR) is 68.2 cm³/mol. The van der Waals surface area contributed by atoms with Gasteiger partial charge in [0.1, 0.15) is 5.75 Å². The van der Waals surface area contributed by atoms with Crippen LogP contribution in [0, 0.1) is 5.92 Å². The number of hydrogen-bond acceptors (Lipinski definition) is 2. The highest BCUT2D eigenvalue weighted by atomic mass is 16.5. The topological polar surface area (TPSA) is 21.3 Å². The van der Waals surface area contributed by atoms with E-state index < -0.39 is 0 Å². The molecule has 1 aromatic carbocycles. The standard InChI is InChI=1S/C14H21NO/c1-4-13(10(2)3)15-12-5-6-14-11(9-12)7-8-16-14/h5-6,9-10,13,15H,4,7-8H2,1-3H3. The molecule has 0 bridgehead atoms. The van der Waals surface area contributed by atoms with Crippen LogP contribution in [0.15, 0.2) is 18.2 Å². The second-order valence-electron chi connectivity index (χ2n) is 4.82. The maximum absolute atomic E-state index is 5.50. The van der Waals surface area contributed by atoms with Crippen molar-refractivity contribution in [3.8, 4) is 5.75 Å². The molecular formula is C14H21NO. The first-order chi connectivity index (χ1) is 7.70. The van der Waals surface area contributed by atoms with E-state index in [4.69, 9.17) is 4.74 Å². The molecule has 1 heterocycles. The zero-order valence-corrected chi connectivity index (χ0v) is 10.4. The van der Waals surface area contributed by atoms with Gasteiger partial charge in [-0.15, -0.1) is 0 Å². The summed E-state index contributed by atoms with van der Waals surface area (Å²) in [4.78, 5) is 0. The van der Waals surface area contributed by atoms with Gasteiger partial charge < -0.3 is 10.1 Å². The van der Waals surface area contributed by atoms with Gasteiger partial charge >= 0.3 is 0 Å². The van der Waals surface area contributed by atoms with E-state index in [0.717, 1.165) is 25.2 Å². The van der Waals surface area contributed by atoms with Crippen molar-refractivity contribution >= 4 is 5.69 Å². The number of nitrogens with one attached hydrogen (secondary N) is 1. The SMILES string of the molecule is CCC(Nc1ccc2c(c1)CCO2)C(C)C. The van der Waals surface area contributed by atoms with Gasteiger partial charge in [0.15, 0.2) is 0 Å². The van der Waals surface area contributed by atoms with Crippen LogP contribution in [0.3, 0.4) is 0 Å². The smallest absolute Gasteiger partial charge is 0.122 e. The van der Waals surface area contributed by atoms with Crippen LogP contribution in [0.4, 0.5) is 5.69 Å². The lowest BCUT2D eigenvalue weighted by molar-refractivity contribution is 0.357. The molecule has 2 rings (SSSR count). The van der Waals surface area contributed by atoms with Gasteiger partial charge in [0.25, 0.3) is 0 Å². The first-order valence-electron chi connectivity index (χ1n) is 6.23. The van der Waals surface area contributed by atoms with Crippen LogP contribution in [0.25, 0.3) is 0 Å². The fourth-order valence-electron chi connectivity index (χ4n) is 2.23. The van der Waals surface area contributed by atoms with Crippen LogP contribution in [0.5, 0.6) is 5.75 Å². The molecule has 0 spiro atoms. The maximum atomic E-state index is 5.50. The molecule has 16 heavy (non-hydrogen) atoms. The highest BCUT2D eigenvalue weighted by Gasteiger charge is 2.14. The van der Waals surface area contributed by atoms with E-state index in [9.17, 15) is 0 Å². The van der Waals surface area contributed by atoms with E-state index in [-0.39, 0.29) is 0 Å². The average molecular weight is 219 g/mol. The van der Waals surface area contributed by atoms with Gasteiger partial charge in [0.05, 0.1) is 6.61 Å². The minimum absolute atomic E-state index is 0.556. The molecule has 1 aliphatic rings. The van der Waals surface area contributed by atoms with E-state index >= 15 is 0 Å². The first-order valence-corrected chi connectivity index (χ1v) is 6.23. The van der Waals surface area contributed by atoms with E-state index in [1.165, 1.54) is 11.3 Å². The average Bonchev–Trinajstić information content (AvgIpc) is 2.72. The molecule has 1 unspecified atom stereocenters. The predicted octanol–water partition coefficient (Wildman–Crippen LogP) is 3.47. The summed E-state index contributed by atoms with van der Waals surface area (Å²) in [5.74, 6) is 1.72. The van der Waals surface area contributed by atoms with Crippen molar-refractivity contribution in [2.24, 2.45) is 5.92 Å². The largest absolute Gasteiger partial charge is 0.493 e. The Labute approximate surface area is 98.0 Å². The first kappa shape index (κ1) is 11.3. The lowest BCUT2D eigenvalue weighted by atomic mass is 10.0. The molecule has 0 radical (unpaired) electrons. The van der Waals surface area contributed by atoms with Crippen molar-refractivity contribution in [1.82, 2.24) is 0 Å². The Morgan fingerprint density at radius 1 is 1.38 bits per heavy atom. The number of ether oxygens (including phenoxy) is 1. The van der Waals surface area contributed by atoms with Crippen LogP contribution in [0.2, 0.25) is 0 Å². The Hall–Kier alpha value is -1.18. The highest BCUT2D eigenvalue weighted by molar-refractivity contribution is 5.53. The lowest BCUT2D eigenvalue weighted by Gasteiger charge is -2.22. The Balaban J connectivity index is 2.10. The van der Waals surface area contributed by atoms with Crippen LogP contribution in [-0.2, 0) is 6.42 Å². The number of rotatable bonds is 4.